The molecule has 0 unspecified atom stereocenters. The molecule has 0 fully saturated rings. The van der Waals surface area contributed by atoms with Gasteiger partial charge in [-0.3, -0.25) is 4.79 Å². The molecule has 0 bridgehead atoms. The van der Waals surface area contributed by atoms with E-state index >= 15 is 0 Å². The van der Waals surface area contributed by atoms with Crippen LogP contribution in [0.15, 0.2) is 25.3 Å². The van der Waals surface area contributed by atoms with Gasteiger partial charge in [-0.05, 0) is 13.8 Å². The Morgan fingerprint density at radius 2 is 1.47 bits per heavy atom. The molecule has 0 aliphatic heterocycles. The fourth-order valence-electron chi connectivity index (χ4n) is 0.152. The van der Waals surface area contributed by atoms with Crippen LogP contribution in [0.4, 0.5) is 0 Å². The summed E-state index contributed by atoms with van der Waals surface area (Å²) in [5, 5.41) is 16.9. The summed E-state index contributed by atoms with van der Waals surface area (Å²) >= 11 is 0. The standard InChI is InChI=1S/C6H10O2.C6H12O.2CH4/c1-4-6(2,3)5(7)8;1-4-6(2,3)5-7;;/h4H,1H2,2-3H3,(H,7,8);4,7H,1,5H2,2-3H3;2*1H4. The minimum atomic E-state index is -0.840. The van der Waals surface area contributed by atoms with E-state index in [1.54, 1.807) is 19.9 Å². The van der Waals surface area contributed by atoms with Crippen molar-refractivity contribution in [1.29, 1.82) is 0 Å². The molecule has 0 rings (SSSR count). The molecule has 0 atom stereocenters. The minimum Gasteiger partial charge on any atom is -0.481 e. The van der Waals surface area contributed by atoms with Gasteiger partial charge in [-0.25, -0.2) is 0 Å². The zero-order chi connectivity index (χ0) is 12.7. The molecule has 0 aromatic carbocycles. The van der Waals surface area contributed by atoms with Gasteiger partial charge in [-0.2, -0.15) is 0 Å². The Bertz CT molecular complexity index is 228. The van der Waals surface area contributed by atoms with Gasteiger partial charge < -0.3 is 10.2 Å². The molecule has 0 aliphatic rings. The molecule has 0 heterocycles. The number of aliphatic hydroxyl groups excluding tert-OH is 1. The first-order valence-corrected chi connectivity index (χ1v) is 4.74. The van der Waals surface area contributed by atoms with E-state index in [-0.39, 0.29) is 26.9 Å². The molecule has 104 valence electrons. The highest BCUT2D eigenvalue weighted by Gasteiger charge is 2.21. The van der Waals surface area contributed by atoms with E-state index in [0.29, 0.717) is 0 Å². The van der Waals surface area contributed by atoms with Crippen LogP contribution in [-0.2, 0) is 4.79 Å². The SMILES string of the molecule is C.C.C=CC(C)(C)C(=O)O.C=CC(C)(C)CO. The molecular formula is C14H30O3. The van der Waals surface area contributed by atoms with E-state index in [1.807, 2.05) is 13.8 Å². The van der Waals surface area contributed by atoms with Gasteiger partial charge >= 0.3 is 5.97 Å². The monoisotopic (exact) mass is 246 g/mol. The van der Waals surface area contributed by atoms with E-state index in [0.717, 1.165) is 0 Å². The topological polar surface area (TPSA) is 57.5 Å². The largest absolute Gasteiger partial charge is 0.481 e. The maximum atomic E-state index is 10.2. The van der Waals surface area contributed by atoms with Crippen LogP contribution in [0.1, 0.15) is 42.5 Å². The second-order valence-electron chi connectivity index (χ2n) is 4.58. The predicted octanol–water partition coefficient (Wildman–Crippen LogP) is 3.75. The molecule has 2 N–H and O–H groups in total. The van der Waals surface area contributed by atoms with Crippen LogP contribution in [0.5, 0.6) is 0 Å². The Morgan fingerprint density at radius 1 is 1.12 bits per heavy atom. The van der Waals surface area contributed by atoms with Crippen LogP contribution >= 0.6 is 0 Å². The summed E-state index contributed by atoms with van der Waals surface area (Å²) < 4.78 is 0. The van der Waals surface area contributed by atoms with E-state index < -0.39 is 11.4 Å². The lowest BCUT2D eigenvalue weighted by Gasteiger charge is -2.13. The molecule has 0 saturated carbocycles. The lowest BCUT2D eigenvalue weighted by molar-refractivity contribution is -0.144. The lowest BCUT2D eigenvalue weighted by atomic mass is 9.95. The molecule has 0 spiro atoms. The van der Waals surface area contributed by atoms with E-state index in [4.69, 9.17) is 10.2 Å². The molecular weight excluding hydrogens is 216 g/mol. The number of hydrogen-bond donors (Lipinski definition) is 2. The van der Waals surface area contributed by atoms with Gasteiger partial charge in [0.25, 0.3) is 0 Å². The van der Waals surface area contributed by atoms with E-state index in [9.17, 15) is 4.79 Å². The van der Waals surface area contributed by atoms with Gasteiger partial charge in [0.15, 0.2) is 0 Å². The highest BCUT2D eigenvalue weighted by molar-refractivity contribution is 5.75. The first-order chi connectivity index (χ1) is 6.63. The van der Waals surface area contributed by atoms with Crippen LogP contribution in [0.25, 0.3) is 0 Å². The van der Waals surface area contributed by atoms with Crippen LogP contribution in [0.3, 0.4) is 0 Å². The van der Waals surface area contributed by atoms with Gasteiger partial charge in [0.2, 0.25) is 0 Å². The smallest absolute Gasteiger partial charge is 0.312 e. The van der Waals surface area contributed by atoms with Gasteiger partial charge in [-0.1, -0.05) is 40.9 Å². The zero-order valence-electron chi connectivity index (χ0n) is 10.1. The minimum absolute atomic E-state index is 0. The Hall–Kier alpha value is -1.09. The average molecular weight is 246 g/mol. The van der Waals surface area contributed by atoms with E-state index in [1.165, 1.54) is 6.08 Å². The number of carboxylic acid groups (broad SMARTS) is 1. The number of aliphatic hydroxyl groups is 1. The third-order valence-corrected chi connectivity index (χ3v) is 2.02. The number of rotatable bonds is 4. The molecule has 0 aromatic rings. The average Bonchev–Trinajstić information content (AvgIpc) is 2.18. The Morgan fingerprint density at radius 3 is 1.47 bits per heavy atom. The van der Waals surface area contributed by atoms with E-state index in [2.05, 4.69) is 13.2 Å². The molecule has 0 amide bonds. The Balaban J connectivity index is -0.0000000896. The first kappa shape index (κ1) is 24.9. The van der Waals surface area contributed by atoms with Gasteiger partial charge in [0, 0.05) is 5.41 Å². The van der Waals surface area contributed by atoms with Crippen molar-refractivity contribution < 1.29 is 15.0 Å². The van der Waals surface area contributed by atoms with Crippen molar-refractivity contribution in [3.63, 3.8) is 0 Å². The maximum absolute atomic E-state index is 10.2. The van der Waals surface area contributed by atoms with Crippen LogP contribution in [0, 0.1) is 10.8 Å². The van der Waals surface area contributed by atoms with Gasteiger partial charge in [-0.15, -0.1) is 13.2 Å². The molecule has 0 radical (unpaired) electrons. The molecule has 0 saturated heterocycles. The summed E-state index contributed by atoms with van der Waals surface area (Å²) in [5.41, 5.74) is -0.875. The molecule has 0 aliphatic carbocycles. The quantitative estimate of drug-likeness (QED) is 0.743. The third kappa shape index (κ3) is 12.8. The second-order valence-corrected chi connectivity index (χ2v) is 4.58. The second kappa shape index (κ2) is 10.1. The van der Waals surface area contributed by atoms with Crippen molar-refractivity contribution in [2.24, 2.45) is 10.8 Å². The zero-order valence-corrected chi connectivity index (χ0v) is 10.1. The van der Waals surface area contributed by atoms with Gasteiger partial charge in [0.1, 0.15) is 0 Å². The normalized spacial score (nSPS) is 9.71. The highest BCUT2D eigenvalue weighted by Crippen LogP contribution is 2.14. The first-order valence-electron chi connectivity index (χ1n) is 4.74. The van der Waals surface area contributed by atoms with Crippen LogP contribution in [-0.4, -0.2) is 22.8 Å². The predicted molar refractivity (Wildman–Crippen MR) is 76.1 cm³/mol. The van der Waals surface area contributed by atoms with Crippen molar-refractivity contribution in [3.8, 4) is 0 Å². The van der Waals surface area contributed by atoms with Crippen molar-refractivity contribution in [2.45, 2.75) is 42.5 Å². The van der Waals surface area contributed by atoms with Crippen molar-refractivity contribution in [2.75, 3.05) is 6.61 Å². The highest BCUT2D eigenvalue weighted by atomic mass is 16.4. The van der Waals surface area contributed by atoms with Gasteiger partial charge in [0.05, 0.1) is 12.0 Å². The Kier molecular flexibility index (Phi) is 14.8. The van der Waals surface area contributed by atoms with Crippen LogP contribution < -0.4 is 0 Å². The number of hydrogen-bond acceptors (Lipinski definition) is 2. The summed E-state index contributed by atoms with van der Waals surface area (Å²) in [6.45, 7) is 14.2. The number of carbonyl (C=O) groups is 1. The molecule has 17 heavy (non-hydrogen) atoms. The molecule has 3 heteroatoms. The summed E-state index contributed by atoms with van der Waals surface area (Å²) in [6.07, 6.45) is 3.16. The van der Waals surface area contributed by atoms with Crippen molar-refractivity contribution in [1.82, 2.24) is 0 Å². The number of aliphatic carboxylic acids is 1. The van der Waals surface area contributed by atoms with Crippen molar-refractivity contribution in [3.05, 3.63) is 25.3 Å². The molecule has 3 nitrogen and oxygen atoms in total. The summed E-state index contributed by atoms with van der Waals surface area (Å²) in [4.78, 5) is 10.2. The third-order valence-electron chi connectivity index (χ3n) is 2.02. The summed E-state index contributed by atoms with van der Waals surface area (Å²) in [5.74, 6) is -0.840. The van der Waals surface area contributed by atoms with Crippen molar-refractivity contribution >= 4 is 5.97 Å². The van der Waals surface area contributed by atoms with Crippen LogP contribution in [0.2, 0.25) is 0 Å². The fraction of sp³-hybridized carbons (Fsp3) is 0.643. The summed E-state index contributed by atoms with van der Waals surface area (Å²) in [6, 6.07) is 0. The lowest BCUT2D eigenvalue weighted by Crippen LogP contribution is -2.19. The number of carboxylic acids is 1. The fourth-order valence-corrected chi connectivity index (χ4v) is 0.152. The maximum Gasteiger partial charge on any atom is 0.312 e. The molecule has 0 aromatic heterocycles. The Labute approximate surface area is 107 Å². The summed E-state index contributed by atoms with van der Waals surface area (Å²) in [7, 11) is 0.